The van der Waals surface area contributed by atoms with Gasteiger partial charge in [0.15, 0.2) is 0 Å². The van der Waals surface area contributed by atoms with Crippen LogP contribution in [0, 0.1) is 0 Å². The van der Waals surface area contributed by atoms with Crippen LogP contribution in [-0.2, 0) is 17.5 Å². The van der Waals surface area contributed by atoms with E-state index in [2.05, 4.69) is 0 Å². The summed E-state index contributed by atoms with van der Waals surface area (Å²) in [4.78, 5) is 26.2. The minimum Gasteiger partial charge on any atom is -0.457 e. The lowest BCUT2D eigenvalue weighted by Gasteiger charge is -2.12. The number of nitrogens with zero attached hydrogens (tertiary/aromatic N) is 1. The molecule has 31 heavy (non-hydrogen) atoms. The van der Waals surface area contributed by atoms with E-state index in [0.29, 0.717) is 5.02 Å². The van der Waals surface area contributed by atoms with E-state index < -0.39 is 22.9 Å². The van der Waals surface area contributed by atoms with Gasteiger partial charge in [-0.2, -0.15) is 13.2 Å². The highest BCUT2D eigenvalue weighted by molar-refractivity contribution is 8.18. The third kappa shape index (κ3) is 4.70. The third-order valence-corrected chi connectivity index (χ3v) is 5.66. The van der Waals surface area contributed by atoms with Crippen molar-refractivity contribution in [3.8, 4) is 11.3 Å². The van der Waals surface area contributed by atoms with Gasteiger partial charge in [-0.1, -0.05) is 35.9 Å². The first-order chi connectivity index (χ1) is 14.7. The van der Waals surface area contributed by atoms with Crippen molar-refractivity contribution in [2.45, 2.75) is 12.7 Å². The molecule has 2 amide bonds. The number of imide groups is 1. The Morgan fingerprint density at radius 1 is 1.03 bits per heavy atom. The second-order valence-corrected chi connectivity index (χ2v) is 8.10. The molecule has 0 saturated carbocycles. The third-order valence-electron chi connectivity index (χ3n) is 4.50. The molecule has 0 bridgehead atoms. The number of benzene rings is 2. The van der Waals surface area contributed by atoms with Crippen molar-refractivity contribution < 1.29 is 27.2 Å². The van der Waals surface area contributed by atoms with Crippen molar-refractivity contribution >= 4 is 40.6 Å². The molecular formula is C22H13ClF3NO3S. The standard InChI is InChI=1S/C22H13ClF3NO3S/c23-16-6-4-13(5-7-16)12-27-20(28)19(31-21(27)29)11-17-8-9-18(30-17)14-2-1-3-15(10-14)22(24,25)26/h1-11H,12H2/b19-11+. The van der Waals surface area contributed by atoms with Crippen LogP contribution in [-0.4, -0.2) is 16.0 Å². The number of rotatable bonds is 4. The summed E-state index contributed by atoms with van der Waals surface area (Å²) in [6.07, 6.45) is -3.06. The average molecular weight is 464 g/mol. The number of alkyl halides is 3. The lowest BCUT2D eigenvalue weighted by Crippen LogP contribution is -2.27. The normalized spacial score (nSPS) is 15.9. The molecule has 1 saturated heterocycles. The van der Waals surface area contributed by atoms with E-state index in [-0.39, 0.29) is 28.5 Å². The summed E-state index contributed by atoms with van der Waals surface area (Å²) in [6.45, 7) is 0.104. The second kappa shape index (κ2) is 8.28. The van der Waals surface area contributed by atoms with E-state index >= 15 is 0 Å². The number of carbonyl (C=O) groups is 2. The molecular weight excluding hydrogens is 451 g/mol. The lowest BCUT2D eigenvalue weighted by molar-refractivity contribution is -0.137. The summed E-state index contributed by atoms with van der Waals surface area (Å²) in [7, 11) is 0. The molecule has 0 atom stereocenters. The molecule has 0 radical (unpaired) electrons. The highest BCUT2D eigenvalue weighted by atomic mass is 35.5. The van der Waals surface area contributed by atoms with Crippen LogP contribution in [0.3, 0.4) is 0 Å². The molecule has 1 fully saturated rings. The Morgan fingerprint density at radius 3 is 2.48 bits per heavy atom. The van der Waals surface area contributed by atoms with E-state index in [0.717, 1.165) is 34.4 Å². The Kier molecular flexibility index (Phi) is 5.68. The Labute approximate surface area is 184 Å². The van der Waals surface area contributed by atoms with Crippen molar-refractivity contribution in [1.29, 1.82) is 0 Å². The van der Waals surface area contributed by atoms with Gasteiger partial charge < -0.3 is 4.42 Å². The Hall–Kier alpha value is -2.97. The van der Waals surface area contributed by atoms with Crippen LogP contribution < -0.4 is 0 Å². The molecule has 4 nitrogen and oxygen atoms in total. The van der Waals surface area contributed by atoms with Crippen LogP contribution in [0.15, 0.2) is 70.0 Å². The van der Waals surface area contributed by atoms with Crippen LogP contribution in [0.25, 0.3) is 17.4 Å². The fourth-order valence-electron chi connectivity index (χ4n) is 2.97. The molecule has 0 unspecified atom stereocenters. The maximum Gasteiger partial charge on any atom is 0.416 e. The van der Waals surface area contributed by atoms with Gasteiger partial charge in [-0.3, -0.25) is 14.5 Å². The molecule has 2 aromatic carbocycles. The summed E-state index contributed by atoms with van der Waals surface area (Å²) in [5.74, 6) is 0.00381. The monoisotopic (exact) mass is 463 g/mol. The van der Waals surface area contributed by atoms with Crippen LogP contribution in [0.2, 0.25) is 5.02 Å². The summed E-state index contributed by atoms with van der Waals surface area (Å²) in [5, 5.41) is 0.128. The molecule has 3 aromatic rings. The van der Waals surface area contributed by atoms with Crippen molar-refractivity contribution in [2.24, 2.45) is 0 Å². The van der Waals surface area contributed by atoms with Gasteiger partial charge in [0.05, 0.1) is 17.0 Å². The van der Waals surface area contributed by atoms with Crippen molar-refractivity contribution in [2.75, 3.05) is 0 Å². The topological polar surface area (TPSA) is 50.5 Å². The van der Waals surface area contributed by atoms with E-state index in [1.54, 1.807) is 24.3 Å². The van der Waals surface area contributed by atoms with Gasteiger partial charge in [0.1, 0.15) is 11.5 Å². The number of carbonyl (C=O) groups excluding carboxylic acids is 2. The molecule has 1 aliphatic rings. The maximum absolute atomic E-state index is 12.9. The molecule has 4 rings (SSSR count). The number of hydrogen-bond acceptors (Lipinski definition) is 4. The largest absolute Gasteiger partial charge is 0.457 e. The number of furan rings is 1. The quantitative estimate of drug-likeness (QED) is 0.397. The van der Waals surface area contributed by atoms with Gasteiger partial charge in [0.25, 0.3) is 11.1 Å². The first-order valence-electron chi connectivity index (χ1n) is 8.98. The van der Waals surface area contributed by atoms with Crippen LogP contribution in [0.1, 0.15) is 16.9 Å². The zero-order valence-electron chi connectivity index (χ0n) is 15.7. The Morgan fingerprint density at radius 2 is 1.77 bits per heavy atom. The Balaban J connectivity index is 1.53. The molecule has 0 spiro atoms. The van der Waals surface area contributed by atoms with Gasteiger partial charge in [-0.05, 0) is 53.7 Å². The smallest absolute Gasteiger partial charge is 0.416 e. The first-order valence-corrected chi connectivity index (χ1v) is 10.2. The number of amides is 2. The summed E-state index contributed by atoms with van der Waals surface area (Å²) < 4.78 is 44.4. The number of thioether (sulfide) groups is 1. The summed E-state index contributed by atoms with van der Waals surface area (Å²) >= 11 is 6.62. The number of hydrogen-bond donors (Lipinski definition) is 0. The van der Waals surface area contributed by atoms with Crippen molar-refractivity contribution in [3.05, 3.63) is 87.5 Å². The average Bonchev–Trinajstić information content (AvgIpc) is 3.29. The SMILES string of the molecule is O=C1S/C(=C/c2ccc(-c3cccc(C(F)(F)F)c3)o2)C(=O)N1Cc1ccc(Cl)cc1. The van der Waals surface area contributed by atoms with E-state index in [9.17, 15) is 22.8 Å². The highest BCUT2D eigenvalue weighted by Gasteiger charge is 2.35. The van der Waals surface area contributed by atoms with Crippen LogP contribution in [0.5, 0.6) is 0 Å². The first kappa shape index (κ1) is 21.3. The molecule has 2 heterocycles. The Bertz CT molecular complexity index is 1190. The summed E-state index contributed by atoms with van der Waals surface area (Å²) in [5.41, 5.74) is 0.217. The molecule has 1 aliphatic heterocycles. The molecule has 158 valence electrons. The minimum absolute atomic E-state index is 0.104. The predicted molar refractivity (Wildman–Crippen MR) is 112 cm³/mol. The van der Waals surface area contributed by atoms with Gasteiger partial charge in [-0.25, -0.2) is 0 Å². The zero-order valence-corrected chi connectivity index (χ0v) is 17.2. The van der Waals surface area contributed by atoms with E-state index in [1.165, 1.54) is 30.3 Å². The van der Waals surface area contributed by atoms with E-state index in [1.807, 2.05) is 0 Å². The molecule has 0 aliphatic carbocycles. The summed E-state index contributed by atoms with van der Waals surface area (Å²) in [6, 6.07) is 14.6. The molecule has 9 heteroatoms. The van der Waals surface area contributed by atoms with Crippen molar-refractivity contribution in [3.63, 3.8) is 0 Å². The molecule has 0 N–H and O–H groups in total. The zero-order chi connectivity index (χ0) is 22.2. The highest BCUT2D eigenvalue weighted by Crippen LogP contribution is 2.35. The van der Waals surface area contributed by atoms with Crippen molar-refractivity contribution in [1.82, 2.24) is 4.90 Å². The van der Waals surface area contributed by atoms with Crippen LogP contribution >= 0.6 is 23.4 Å². The maximum atomic E-state index is 12.9. The van der Waals surface area contributed by atoms with E-state index in [4.69, 9.17) is 16.0 Å². The van der Waals surface area contributed by atoms with Gasteiger partial charge in [0.2, 0.25) is 0 Å². The fourth-order valence-corrected chi connectivity index (χ4v) is 3.92. The predicted octanol–water partition coefficient (Wildman–Crippen LogP) is 6.86. The van der Waals surface area contributed by atoms with Crippen LogP contribution in [0.4, 0.5) is 18.0 Å². The fraction of sp³-hybridized carbons (Fsp3) is 0.0909. The minimum atomic E-state index is -4.46. The van der Waals surface area contributed by atoms with Gasteiger partial charge in [-0.15, -0.1) is 0 Å². The molecule has 1 aromatic heterocycles. The van der Waals surface area contributed by atoms with Gasteiger partial charge >= 0.3 is 6.18 Å². The number of halogens is 4. The second-order valence-electron chi connectivity index (χ2n) is 6.67. The lowest BCUT2D eigenvalue weighted by atomic mass is 10.1. The van der Waals surface area contributed by atoms with Gasteiger partial charge in [0, 0.05) is 16.7 Å².